The first-order chi connectivity index (χ1) is 15.3. The Morgan fingerprint density at radius 2 is 1.88 bits per heavy atom. The minimum Gasteiger partial charge on any atom is -0.326 e. The monoisotopic (exact) mass is 436 g/mol. The van der Waals surface area contributed by atoms with Crippen LogP contribution < -0.4 is 10.6 Å². The van der Waals surface area contributed by atoms with Gasteiger partial charge in [0.2, 0.25) is 5.91 Å². The lowest BCUT2D eigenvalue weighted by Crippen LogP contribution is -2.47. The van der Waals surface area contributed by atoms with Gasteiger partial charge in [0, 0.05) is 12.2 Å². The van der Waals surface area contributed by atoms with Gasteiger partial charge in [0.15, 0.2) is 0 Å². The molecule has 0 aliphatic carbocycles. The molecule has 2 aliphatic rings. The molecule has 1 unspecified atom stereocenters. The molecule has 0 spiro atoms. The molecule has 2 heterocycles. The number of nitrogens with one attached hydrogen (secondary N) is 2. The van der Waals surface area contributed by atoms with Gasteiger partial charge in [-0.25, -0.2) is 9.18 Å². The van der Waals surface area contributed by atoms with E-state index in [9.17, 15) is 18.8 Å². The SMILES string of the molecule is CCN1C(=O)NC(c2ccc(C)cc2C)C2=C1CN(CC(=O)Nc1ccc(F)cc1)C2=O. The normalized spacial score (nSPS) is 18.1. The van der Waals surface area contributed by atoms with E-state index in [2.05, 4.69) is 10.6 Å². The molecular formula is C24H25FN4O3. The van der Waals surface area contributed by atoms with Crippen molar-refractivity contribution in [3.63, 3.8) is 0 Å². The van der Waals surface area contributed by atoms with E-state index in [0.29, 0.717) is 23.5 Å². The summed E-state index contributed by atoms with van der Waals surface area (Å²) in [6, 6.07) is 10.5. The lowest BCUT2D eigenvalue weighted by Gasteiger charge is -2.33. The van der Waals surface area contributed by atoms with Crippen molar-refractivity contribution >= 4 is 23.5 Å². The van der Waals surface area contributed by atoms with Gasteiger partial charge in [-0.2, -0.15) is 0 Å². The molecule has 2 aromatic rings. The van der Waals surface area contributed by atoms with Crippen molar-refractivity contribution in [3.05, 3.63) is 76.2 Å². The number of aryl methyl sites for hydroxylation is 2. The van der Waals surface area contributed by atoms with Crippen LogP contribution in [0.3, 0.4) is 0 Å². The predicted octanol–water partition coefficient (Wildman–Crippen LogP) is 3.26. The molecule has 0 bridgehead atoms. The van der Waals surface area contributed by atoms with E-state index < -0.39 is 17.8 Å². The van der Waals surface area contributed by atoms with Crippen LogP contribution in [0.25, 0.3) is 0 Å². The number of nitrogens with zero attached hydrogens (tertiary/aromatic N) is 2. The Morgan fingerprint density at radius 3 is 2.53 bits per heavy atom. The fourth-order valence-corrected chi connectivity index (χ4v) is 4.30. The van der Waals surface area contributed by atoms with Crippen molar-refractivity contribution < 1.29 is 18.8 Å². The van der Waals surface area contributed by atoms with Gasteiger partial charge >= 0.3 is 6.03 Å². The second-order valence-electron chi connectivity index (χ2n) is 8.06. The molecule has 8 heteroatoms. The van der Waals surface area contributed by atoms with Crippen molar-refractivity contribution in [2.75, 3.05) is 25.0 Å². The van der Waals surface area contributed by atoms with Gasteiger partial charge in [-0.05, 0) is 56.2 Å². The van der Waals surface area contributed by atoms with E-state index in [1.54, 1.807) is 4.90 Å². The first-order valence-electron chi connectivity index (χ1n) is 10.5. The lowest BCUT2D eigenvalue weighted by molar-refractivity contribution is -0.130. The average Bonchev–Trinajstić information content (AvgIpc) is 3.05. The van der Waals surface area contributed by atoms with Gasteiger partial charge in [-0.1, -0.05) is 23.8 Å². The summed E-state index contributed by atoms with van der Waals surface area (Å²) in [6.07, 6.45) is 0. The van der Waals surface area contributed by atoms with Crippen LogP contribution in [-0.2, 0) is 9.59 Å². The zero-order valence-corrected chi connectivity index (χ0v) is 18.2. The van der Waals surface area contributed by atoms with Gasteiger partial charge in [0.25, 0.3) is 5.91 Å². The van der Waals surface area contributed by atoms with E-state index in [1.807, 2.05) is 39.0 Å². The quantitative estimate of drug-likeness (QED) is 0.755. The van der Waals surface area contributed by atoms with Crippen LogP contribution in [0, 0.1) is 19.7 Å². The molecule has 0 saturated heterocycles. The van der Waals surface area contributed by atoms with Crippen LogP contribution in [-0.4, -0.2) is 47.3 Å². The molecule has 0 radical (unpaired) electrons. The van der Waals surface area contributed by atoms with Crippen molar-refractivity contribution in [2.24, 2.45) is 0 Å². The molecule has 4 rings (SSSR count). The highest BCUT2D eigenvalue weighted by Gasteiger charge is 2.44. The number of rotatable bonds is 5. The van der Waals surface area contributed by atoms with E-state index in [-0.39, 0.29) is 25.0 Å². The third-order valence-corrected chi connectivity index (χ3v) is 5.81. The Hall–Kier alpha value is -3.68. The topological polar surface area (TPSA) is 81.8 Å². The maximum Gasteiger partial charge on any atom is 0.322 e. The summed E-state index contributed by atoms with van der Waals surface area (Å²) in [7, 11) is 0. The van der Waals surface area contributed by atoms with Crippen LogP contribution >= 0.6 is 0 Å². The number of hydrogen-bond donors (Lipinski definition) is 2. The average molecular weight is 436 g/mol. The van der Waals surface area contributed by atoms with Gasteiger partial charge < -0.3 is 15.5 Å². The number of hydrogen-bond acceptors (Lipinski definition) is 3. The van der Waals surface area contributed by atoms with Crippen LogP contribution in [0.5, 0.6) is 0 Å². The zero-order chi connectivity index (χ0) is 23.0. The van der Waals surface area contributed by atoms with Gasteiger partial charge in [-0.3, -0.25) is 14.5 Å². The minimum atomic E-state index is -0.571. The standard InChI is InChI=1S/C24H25FN4O3/c1-4-29-19-12-28(13-20(30)26-17-8-6-16(25)7-9-17)23(31)21(19)22(27-24(29)32)18-10-5-14(2)11-15(18)3/h5-11,22H,4,12-13H2,1-3H3,(H,26,30)(H,27,32). The first kappa shape index (κ1) is 21.5. The minimum absolute atomic E-state index is 0.172. The highest BCUT2D eigenvalue weighted by atomic mass is 19.1. The Labute approximate surface area is 185 Å². The van der Waals surface area contributed by atoms with Crippen molar-refractivity contribution in [1.82, 2.24) is 15.1 Å². The molecule has 2 aromatic carbocycles. The highest BCUT2D eigenvalue weighted by Crippen LogP contribution is 2.37. The Morgan fingerprint density at radius 1 is 1.16 bits per heavy atom. The summed E-state index contributed by atoms with van der Waals surface area (Å²) in [4.78, 5) is 41.7. The van der Waals surface area contributed by atoms with Crippen LogP contribution in [0.2, 0.25) is 0 Å². The molecule has 7 nitrogen and oxygen atoms in total. The maximum absolute atomic E-state index is 13.4. The number of urea groups is 1. The molecule has 4 amide bonds. The van der Waals surface area contributed by atoms with Gasteiger partial charge in [0.05, 0.1) is 23.9 Å². The molecular weight excluding hydrogens is 411 g/mol. The molecule has 2 N–H and O–H groups in total. The molecule has 1 atom stereocenters. The van der Waals surface area contributed by atoms with Crippen LogP contribution in [0.4, 0.5) is 14.9 Å². The van der Waals surface area contributed by atoms with E-state index in [4.69, 9.17) is 0 Å². The Balaban J connectivity index is 1.59. The molecule has 0 fully saturated rings. The second-order valence-corrected chi connectivity index (χ2v) is 8.06. The molecule has 2 aliphatic heterocycles. The van der Waals surface area contributed by atoms with E-state index in [0.717, 1.165) is 16.7 Å². The Kier molecular flexibility index (Phi) is 5.69. The van der Waals surface area contributed by atoms with E-state index >= 15 is 0 Å². The summed E-state index contributed by atoms with van der Waals surface area (Å²) in [5, 5.41) is 5.64. The van der Waals surface area contributed by atoms with Crippen molar-refractivity contribution in [2.45, 2.75) is 26.8 Å². The smallest absolute Gasteiger partial charge is 0.322 e. The first-order valence-corrected chi connectivity index (χ1v) is 10.5. The summed E-state index contributed by atoms with van der Waals surface area (Å²) < 4.78 is 13.1. The zero-order valence-electron chi connectivity index (χ0n) is 18.2. The Bertz CT molecular complexity index is 1130. The van der Waals surface area contributed by atoms with Crippen LogP contribution in [0.1, 0.15) is 29.7 Å². The summed E-state index contributed by atoms with van der Waals surface area (Å²) in [5.74, 6) is -1.07. The molecule has 0 aromatic heterocycles. The largest absolute Gasteiger partial charge is 0.326 e. The number of carbonyl (C=O) groups is 3. The number of benzene rings is 2. The van der Waals surface area contributed by atoms with Gasteiger partial charge in [0.1, 0.15) is 12.4 Å². The molecule has 0 saturated carbocycles. The van der Waals surface area contributed by atoms with Gasteiger partial charge in [-0.15, -0.1) is 0 Å². The summed E-state index contributed by atoms with van der Waals surface area (Å²) >= 11 is 0. The van der Waals surface area contributed by atoms with E-state index in [1.165, 1.54) is 29.2 Å². The molecule has 166 valence electrons. The fraction of sp³-hybridized carbons (Fsp3) is 0.292. The third kappa shape index (κ3) is 3.95. The number of halogens is 1. The number of amides is 4. The van der Waals surface area contributed by atoms with Crippen LogP contribution in [0.15, 0.2) is 53.7 Å². The lowest BCUT2D eigenvalue weighted by atomic mass is 9.91. The number of likely N-dealkylation sites (N-methyl/N-ethyl adjacent to an activating group) is 1. The maximum atomic E-state index is 13.4. The molecule has 32 heavy (non-hydrogen) atoms. The van der Waals surface area contributed by atoms with Crippen molar-refractivity contribution in [3.8, 4) is 0 Å². The second kappa shape index (κ2) is 8.45. The third-order valence-electron chi connectivity index (χ3n) is 5.81. The number of carbonyl (C=O) groups excluding carboxylic acids is 3. The van der Waals surface area contributed by atoms with Crippen molar-refractivity contribution in [1.29, 1.82) is 0 Å². The summed E-state index contributed by atoms with van der Waals surface area (Å²) in [5.41, 5.74) is 4.50. The number of anilines is 1. The predicted molar refractivity (Wildman–Crippen MR) is 118 cm³/mol. The fourth-order valence-electron chi connectivity index (χ4n) is 4.30. The summed E-state index contributed by atoms with van der Waals surface area (Å²) in [6.45, 7) is 6.20. The highest BCUT2D eigenvalue weighted by molar-refractivity contribution is 6.04.